The number of carbonyl (C=O) groups is 1. The largest absolute Gasteiger partial charge is 0.477 e. The number of halogens is 5. The van der Waals surface area contributed by atoms with E-state index in [9.17, 15) is 22.4 Å². The van der Waals surface area contributed by atoms with Crippen molar-refractivity contribution in [1.82, 2.24) is 0 Å². The minimum Gasteiger partial charge on any atom is -0.477 e. The lowest BCUT2D eigenvalue weighted by molar-refractivity contribution is -0.167. The molecule has 0 spiro atoms. The van der Waals surface area contributed by atoms with E-state index in [1.54, 1.807) is 0 Å². The number of carboxylic acids is 1. The van der Waals surface area contributed by atoms with E-state index in [1.165, 1.54) is 0 Å². The summed E-state index contributed by atoms with van der Waals surface area (Å²) in [7, 11) is 0. The highest BCUT2D eigenvalue weighted by Gasteiger charge is 2.46. The molecule has 1 aromatic rings. The summed E-state index contributed by atoms with van der Waals surface area (Å²) in [6.07, 6.45) is 0. The smallest absolute Gasteiger partial charge is 0.379 e. The van der Waals surface area contributed by atoms with Crippen LogP contribution in [0.3, 0.4) is 0 Å². The van der Waals surface area contributed by atoms with Crippen LogP contribution in [0.4, 0.5) is 17.6 Å². The normalized spacial score (nSPS) is 11.5. The van der Waals surface area contributed by atoms with E-state index in [0.717, 1.165) is 6.07 Å². The van der Waals surface area contributed by atoms with Gasteiger partial charge in [-0.3, -0.25) is 0 Å². The highest BCUT2D eigenvalue weighted by atomic mass is 79.9. The Kier molecular flexibility index (Phi) is 3.03. The fourth-order valence-electron chi connectivity index (χ4n) is 0.922. The highest BCUT2D eigenvalue weighted by molar-refractivity contribution is 9.10. The van der Waals surface area contributed by atoms with Crippen LogP contribution in [0.25, 0.3) is 0 Å². The summed E-state index contributed by atoms with van der Waals surface area (Å²) in [4.78, 5) is 10.1. The zero-order chi connectivity index (χ0) is 11.8. The lowest BCUT2D eigenvalue weighted by atomic mass is 10.1. The third-order valence-corrected chi connectivity index (χ3v) is 2.24. The fraction of sp³-hybridized carbons (Fsp3) is 0.125. The zero-order valence-electron chi connectivity index (χ0n) is 6.90. The highest BCUT2D eigenvalue weighted by Crippen LogP contribution is 2.35. The standard InChI is InChI=1S/C8H3BrF4O2/c9-3-1-2-4(10)5(6(3)11)8(12,13)7(14)15/h1-2H,(H,14,15). The minimum atomic E-state index is -4.60. The lowest BCUT2D eigenvalue weighted by Gasteiger charge is -2.13. The second-order valence-corrected chi connectivity index (χ2v) is 3.45. The molecule has 0 aliphatic carbocycles. The average molecular weight is 287 g/mol. The topological polar surface area (TPSA) is 37.3 Å². The first-order valence-electron chi connectivity index (χ1n) is 3.53. The second kappa shape index (κ2) is 3.80. The van der Waals surface area contributed by atoms with Gasteiger partial charge in [-0.1, -0.05) is 0 Å². The summed E-state index contributed by atoms with van der Waals surface area (Å²) < 4.78 is 51.3. The van der Waals surface area contributed by atoms with Crippen LogP contribution in [-0.4, -0.2) is 11.1 Å². The van der Waals surface area contributed by atoms with E-state index >= 15 is 0 Å². The molecule has 0 saturated carbocycles. The molecule has 0 saturated heterocycles. The van der Waals surface area contributed by atoms with Crippen molar-refractivity contribution in [2.75, 3.05) is 0 Å². The number of hydrogen-bond donors (Lipinski definition) is 1. The average Bonchev–Trinajstić information content (AvgIpc) is 2.11. The molecule has 0 fully saturated rings. The summed E-state index contributed by atoms with van der Waals surface area (Å²) in [5.41, 5.74) is -1.77. The summed E-state index contributed by atoms with van der Waals surface area (Å²) in [6.45, 7) is 0. The van der Waals surface area contributed by atoms with Crippen molar-refractivity contribution in [3.63, 3.8) is 0 Å². The molecular weight excluding hydrogens is 284 g/mol. The van der Waals surface area contributed by atoms with Crippen LogP contribution in [0.5, 0.6) is 0 Å². The van der Waals surface area contributed by atoms with E-state index < -0.39 is 33.6 Å². The van der Waals surface area contributed by atoms with Crippen molar-refractivity contribution in [3.8, 4) is 0 Å². The maximum atomic E-state index is 13.1. The second-order valence-electron chi connectivity index (χ2n) is 2.60. The molecule has 0 aliphatic heterocycles. The van der Waals surface area contributed by atoms with Gasteiger partial charge in [0, 0.05) is 0 Å². The minimum absolute atomic E-state index is 0.431. The van der Waals surface area contributed by atoms with Crippen LogP contribution in [0, 0.1) is 11.6 Å². The SMILES string of the molecule is O=C(O)C(F)(F)c1c(F)ccc(Br)c1F. The van der Waals surface area contributed by atoms with E-state index in [4.69, 9.17) is 5.11 Å². The first-order valence-corrected chi connectivity index (χ1v) is 4.33. The molecule has 1 rings (SSSR count). The van der Waals surface area contributed by atoms with Gasteiger partial charge in [0.2, 0.25) is 0 Å². The van der Waals surface area contributed by atoms with Gasteiger partial charge in [0.15, 0.2) is 0 Å². The molecule has 0 radical (unpaired) electrons. The maximum Gasteiger partial charge on any atom is 0.379 e. The molecule has 1 N–H and O–H groups in total. The molecule has 0 unspecified atom stereocenters. The van der Waals surface area contributed by atoms with Crippen molar-refractivity contribution >= 4 is 21.9 Å². The molecule has 0 aromatic heterocycles. The van der Waals surface area contributed by atoms with E-state index in [0.29, 0.717) is 6.07 Å². The molecular formula is C8H3BrF4O2. The number of benzene rings is 1. The summed E-state index contributed by atoms with van der Waals surface area (Å²) in [5, 5.41) is 8.14. The maximum absolute atomic E-state index is 13.1. The molecule has 0 amide bonds. The Balaban J connectivity index is 3.49. The molecule has 0 heterocycles. The van der Waals surface area contributed by atoms with Gasteiger partial charge in [-0.05, 0) is 28.1 Å². The first-order chi connectivity index (χ1) is 6.78. The fourth-order valence-corrected chi connectivity index (χ4v) is 1.25. The van der Waals surface area contributed by atoms with Gasteiger partial charge in [0.1, 0.15) is 17.2 Å². The molecule has 7 heteroatoms. The van der Waals surface area contributed by atoms with Crippen LogP contribution in [0.1, 0.15) is 5.56 Å². The third-order valence-electron chi connectivity index (χ3n) is 1.63. The van der Waals surface area contributed by atoms with Crippen LogP contribution in [0.2, 0.25) is 0 Å². The van der Waals surface area contributed by atoms with Crippen LogP contribution in [-0.2, 0) is 10.7 Å². The van der Waals surface area contributed by atoms with Gasteiger partial charge in [-0.2, -0.15) is 8.78 Å². The summed E-state index contributed by atoms with van der Waals surface area (Å²) in [5.74, 6) is -10.4. The van der Waals surface area contributed by atoms with Crippen molar-refractivity contribution in [2.45, 2.75) is 5.92 Å². The molecule has 0 atom stereocenters. The Labute approximate surface area is 89.6 Å². The number of alkyl halides is 2. The number of carboxylic acid groups (broad SMARTS) is 1. The van der Waals surface area contributed by atoms with Gasteiger partial charge >= 0.3 is 11.9 Å². The molecule has 0 aliphatic rings. The monoisotopic (exact) mass is 286 g/mol. The van der Waals surface area contributed by atoms with Gasteiger partial charge < -0.3 is 5.11 Å². The van der Waals surface area contributed by atoms with Crippen molar-refractivity contribution in [1.29, 1.82) is 0 Å². The molecule has 0 bridgehead atoms. The predicted molar refractivity (Wildman–Crippen MR) is 45.6 cm³/mol. The van der Waals surface area contributed by atoms with E-state index in [2.05, 4.69) is 15.9 Å². The Morgan fingerprint density at radius 3 is 2.33 bits per heavy atom. The molecule has 2 nitrogen and oxygen atoms in total. The number of rotatable bonds is 2. The van der Waals surface area contributed by atoms with Crippen molar-refractivity contribution < 1.29 is 27.5 Å². The molecule has 15 heavy (non-hydrogen) atoms. The van der Waals surface area contributed by atoms with E-state index in [1.807, 2.05) is 0 Å². The molecule has 1 aromatic carbocycles. The Morgan fingerprint density at radius 1 is 1.33 bits per heavy atom. The first kappa shape index (κ1) is 12.0. The quantitative estimate of drug-likeness (QED) is 0.670. The molecule has 82 valence electrons. The summed E-state index contributed by atoms with van der Waals surface area (Å²) in [6, 6.07) is 1.42. The Bertz CT molecular complexity index is 419. The number of aliphatic carboxylic acids is 1. The van der Waals surface area contributed by atoms with E-state index in [-0.39, 0.29) is 0 Å². The zero-order valence-corrected chi connectivity index (χ0v) is 8.49. The van der Waals surface area contributed by atoms with Crippen LogP contribution in [0.15, 0.2) is 16.6 Å². The number of hydrogen-bond acceptors (Lipinski definition) is 1. The summed E-state index contributed by atoms with van der Waals surface area (Å²) >= 11 is 2.55. The van der Waals surface area contributed by atoms with Crippen molar-refractivity contribution in [2.24, 2.45) is 0 Å². The van der Waals surface area contributed by atoms with Gasteiger partial charge in [-0.15, -0.1) is 0 Å². The van der Waals surface area contributed by atoms with Gasteiger partial charge in [0.25, 0.3) is 0 Å². The Hall–Kier alpha value is -1.11. The van der Waals surface area contributed by atoms with Gasteiger partial charge in [0.05, 0.1) is 4.47 Å². The van der Waals surface area contributed by atoms with Crippen molar-refractivity contribution in [3.05, 3.63) is 33.8 Å². The third kappa shape index (κ3) is 1.97. The van der Waals surface area contributed by atoms with Gasteiger partial charge in [-0.25, -0.2) is 13.6 Å². The van der Waals surface area contributed by atoms with Crippen LogP contribution < -0.4 is 0 Å². The Morgan fingerprint density at radius 2 is 1.87 bits per heavy atom. The lowest BCUT2D eigenvalue weighted by Crippen LogP contribution is -2.28. The predicted octanol–water partition coefficient (Wildman–Crippen LogP) is 2.90. The van der Waals surface area contributed by atoms with Crippen LogP contribution >= 0.6 is 15.9 Å².